The third kappa shape index (κ3) is 2.69. The van der Waals surface area contributed by atoms with Crippen LogP contribution in [0.3, 0.4) is 0 Å². The molecule has 0 radical (unpaired) electrons. The molecule has 2 unspecified atom stereocenters. The van der Waals surface area contributed by atoms with Gasteiger partial charge in [0, 0.05) is 34.4 Å². The van der Waals surface area contributed by atoms with E-state index in [1.54, 1.807) is 0 Å². The van der Waals surface area contributed by atoms with Gasteiger partial charge in [0.05, 0.1) is 23.2 Å². The first kappa shape index (κ1) is 22.0. The normalized spacial score (nSPS) is 24.2. The quantitative estimate of drug-likeness (QED) is 0.383. The summed E-state index contributed by atoms with van der Waals surface area (Å²) in [6.45, 7) is 21.8. The Labute approximate surface area is 186 Å². The highest BCUT2D eigenvalue weighted by Crippen LogP contribution is 2.67. The molecule has 166 valence electrons. The predicted octanol–water partition coefficient (Wildman–Crippen LogP) is 5.54. The van der Waals surface area contributed by atoms with Crippen LogP contribution >= 0.6 is 0 Å². The highest BCUT2D eigenvalue weighted by atomic mass is 16.1. The monoisotopic (exact) mass is 420 g/mol. The number of pyridine rings is 2. The van der Waals surface area contributed by atoms with Crippen LogP contribution in [-0.2, 0) is 21.8 Å². The van der Waals surface area contributed by atoms with Gasteiger partial charge in [0.1, 0.15) is 11.2 Å². The van der Waals surface area contributed by atoms with Crippen molar-refractivity contribution in [3.05, 3.63) is 51.7 Å². The molecule has 1 aliphatic carbocycles. The van der Waals surface area contributed by atoms with Crippen molar-refractivity contribution in [1.82, 2.24) is 9.55 Å². The molecule has 3 aromatic rings. The van der Waals surface area contributed by atoms with Gasteiger partial charge in [0.15, 0.2) is 0 Å². The topological polar surface area (TPSA) is 39.0 Å². The van der Waals surface area contributed by atoms with Gasteiger partial charge in [0.2, 0.25) is 0 Å². The third-order valence-electron chi connectivity index (χ3n) is 7.52. The molecule has 1 saturated carbocycles. The van der Waals surface area contributed by atoms with E-state index < -0.39 is 0 Å². The Morgan fingerprint density at radius 2 is 1.74 bits per heavy atom. The predicted molar refractivity (Wildman–Crippen MR) is 128 cm³/mol. The van der Waals surface area contributed by atoms with E-state index in [0.29, 0.717) is 0 Å². The molecule has 31 heavy (non-hydrogen) atoms. The second-order valence-electron chi connectivity index (χ2n) is 11.4. The lowest BCUT2D eigenvalue weighted by Crippen LogP contribution is -2.48. The van der Waals surface area contributed by atoms with E-state index in [0.717, 1.165) is 40.8 Å². The molecule has 4 heteroatoms. The highest BCUT2D eigenvalue weighted by Gasteiger charge is 2.72. The van der Waals surface area contributed by atoms with E-state index in [-0.39, 0.29) is 27.3 Å². The van der Waals surface area contributed by atoms with Crippen LogP contribution in [0.5, 0.6) is 0 Å². The summed E-state index contributed by atoms with van der Waals surface area (Å²) >= 11 is 0. The number of aromatic nitrogens is 3. The molecule has 0 spiro atoms. The van der Waals surface area contributed by atoms with E-state index in [1.165, 1.54) is 5.56 Å². The van der Waals surface area contributed by atoms with Gasteiger partial charge >= 0.3 is 5.56 Å². The molecule has 4 nitrogen and oxygen atoms in total. The van der Waals surface area contributed by atoms with Crippen LogP contribution in [0.15, 0.2) is 29.2 Å². The molecule has 4 heterocycles. The maximum atomic E-state index is 13.5. The molecule has 0 N–H and O–H groups in total. The molecule has 2 aliphatic rings. The van der Waals surface area contributed by atoms with Crippen molar-refractivity contribution in [2.24, 2.45) is 0 Å². The number of hydrogen-bond acceptors (Lipinski definition) is 2. The van der Waals surface area contributed by atoms with Gasteiger partial charge < -0.3 is 0 Å². The second kappa shape index (κ2) is 6.40. The van der Waals surface area contributed by atoms with Crippen molar-refractivity contribution in [3.8, 4) is 0 Å². The number of fused-ring (bicyclic) bond motifs is 3. The largest absolute Gasteiger partial charge is 0.338 e. The maximum Gasteiger partial charge on any atom is 0.338 e. The molecule has 0 saturated heterocycles. The van der Waals surface area contributed by atoms with Crippen LogP contribution in [0.25, 0.3) is 16.6 Å². The first-order valence-electron chi connectivity index (χ1n) is 11.8. The molecule has 1 fully saturated rings. The van der Waals surface area contributed by atoms with Crippen LogP contribution in [-0.4, -0.2) is 9.55 Å². The summed E-state index contributed by atoms with van der Waals surface area (Å²) < 4.78 is 4.36. The lowest BCUT2D eigenvalue weighted by molar-refractivity contribution is -0.530. The standard InChI is InChI=1S/C25H32N3O.C2H6/c1-9-25-14-24(25,8)15-12-17(22(2,3)4)26-16-10-11-27-18(23(5,6)7)13-19(29)28(25)21(27)20(15)16;1-2/h10-13H,9,14H2,1-8H3;1-2H3/q+1;. The summed E-state index contributed by atoms with van der Waals surface area (Å²) in [5.41, 5.74) is 5.42. The average Bonchev–Trinajstić information content (AvgIpc) is 3.34. The van der Waals surface area contributed by atoms with E-state index in [9.17, 15) is 4.79 Å². The molecular weight excluding hydrogens is 382 g/mol. The Hall–Kier alpha value is -2.23. The van der Waals surface area contributed by atoms with Gasteiger partial charge in [-0.2, -0.15) is 4.57 Å². The van der Waals surface area contributed by atoms with Gasteiger partial charge in [0.25, 0.3) is 5.65 Å². The fourth-order valence-corrected chi connectivity index (χ4v) is 5.72. The summed E-state index contributed by atoms with van der Waals surface area (Å²) in [7, 11) is 0. The molecular formula is C27H38N3O+. The minimum Gasteiger partial charge on any atom is -0.252 e. The van der Waals surface area contributed by atoms with Crippen molar-refractivity contribution < 1.29 is 4.40 Å². The zero-order chi connectivity index (χ0) is 23.1. The third-order valence-corrected chi connectivity index (χ3v) is 7.52. The van der Waals surface area contributed by atoms with Gasteiger partial charge in [-0.05, 0) is 18.1 Å². The second-order valence-corrected chi connectivity index (χ2v) is 11.4. The molecule has 5 rings (SSSR count). The number of rotatable bonds is 1. The van der Waals surface area contributed by atoms with Crippen LogP contribution in [0.1, 0.15) is 99.0 Å². The first-order valence-corrected chi connectivity index (χ1v) is 11.8. The van der Waals surface area contributed by atoms with E-state index in [4.69, 9.17) is 4.98 Å². The SMILES string of the molecule is CC.CCC12CC1(C)c1cc(C(C)(C)C)nc3cc[n+]4c(C(C)(C)C)cc(=O)n2c4c13. The molecule has 3 aromatic heterocycles. The Kier molecular flexibility index (Phi) is 4.54. The molecule has 2 atom stereocenters. The summed E-state index contributed by atoms with van der Waals surface area (Å²) in [4.78, 5) is 18.6. The van der Waals surface area contributed by atoms with Gasteiger partial charge in [-0.1, -0.05) is 69.2 Å². The van der Waals surface area contributed by atoms with E-state index in [1.807, 2.05) is 19.9 Å². The Bertz CT molecular complexity index is 1270. The van der Waals surface area contributed by atoms with Crippen molar-refractivity contribution >= 4 is 16.6 Å². The summed E-state index contributed by atoms with van der Waals surface area (Å²) in [6, 6.07) is 6.32. The molecule has 0 bridgehead atoms. The lowest BCUT2D eigenvalue weighted by Gasteiger charge is -2.30. The minimum absolute atomic E-state index is 0.0160. The van der Waals surface area contributed by atoms with Crippen LogP contribution in [0.4, 0.5) is 0 Å². The highest BCUT2D eigenvalue weighted by molar-refractivity contribution is 5.96. The molecule has 0 aromatic carbocycles. The Morgan fingerprint density at radius 3 is 2.29 bits per heavy atom. The summed E-state index contributed by atoms with van der Waals surface area (Å²) in [5.74, 6) is 0. The van der Waals surface area contributed by atoms with Crippen molar-refractivity contribution in [2.45, 2.75) is 104 Å². The smallest absolute Gasteiger partial charge is 0.252 e. The van der Waals surface area contributed by atoms with Crippen LogP contribution in [0.2, 0.25) is 0 Å². The minimum atomic E-state index is -0.135. The van der Waals surface area contributed by atoms with Crippen LogP contribution in [0, 0.1) is 0 Å². The van der Waals surface area contributed by atoms with Gasteiger partial charge in [-0.3, -0.25) is 4.98 Å². The van der Waals surface area contributed by atoms with Crippen LogP contribution < -0.4 is 9.96 Å². The maximum absolute atomic E-state index is 13.5. The Balaban J connectivity index is 0.00000112. The Morgan fingerprint density at radius 1 is 1.10 bits per heavy atom. The zero-order valence-electron chi connectivity index (χ0n) is 21.0. The van der Waals surface area contributed by atoms with E-state index >= 15 is 0 Å². The number of nitrogens with zero attached hydrogens (tertiary/aromatic N) is 3. The van der Waals surface area contributed by atoms with Crippen molar-refractivity contribution in [1.29, 1.82) is 0 Å². The molecule has 0 amide bonds. The van der Waals surface area contributed by atoms with Gasteiger partial charge in [-0.25, -0.2) is 9.20 Å². The van der Waals surface area contributed by atoms with Crippen molar-refractivity contribution in [2.75, 3.05) is 0 Å². The fourth-order valence-electron chi connectivity index (χ4n) is 5.72. The lowest BCUT2D eigenvalue weighted by atomic mass is 9.82. The fraction of sp³-hybridized carbons (Fsp3) is 0.593. The van der Waals surface area contributed by atoms with Crippen molar-refractivity contribution in [3.63, 3.8) is 0 Å². The summed E-state index contributed by atoms with van der Waals surface area (Å²) in [6.07, 6.45) is 4.08. The average molecular weight is 421 g/mol. The zero-order valence-corrected chi connectivity index (χ0v) is 21.0. The summed E-state index contributed by atoms with van der Waals surface area (Å²) in [5, 5.41) is 1.16. The van der Waals surface area contributed by atoms with E-state index in [2.05, 4.69) is 82.7 Å². The first-order chi connectivity index (χ1) is 14.3. The van der Waals surface area contributed by atoms with Gasteiger partial charge in [-0.15, -0.1) is 0 Å². The molecule has 1 aliphatic heterocycles. The number of hydrogen-bond donors (Lipinski definition) is 0.